The van der Waals surface area contributed by atoms with Crippen LogP contribution in [0.15, 0.2) is 28.8 Å². The van der Waals surface area contributed by atoms with Gasteiger partial charge in [-0.3, -0.25) is 9.48 Å². The number of amides is 1. The van der Waals surface area contributed by atoms with Crippen molar-refractivity contribution in [2.24, 2.45) is 7.05 Å². The van der Waals surface area contributed by atoms with Crippen LogP contribution in [0.3, 0.4) is 0 Å². The Bertz CT molecular complexity index is 977. The van der Waals surface area contributed by atoms with Crippen molar-refractivity contribution < 1.29 is 14.1 Å². The molecule has 0 unspecified atom stereocenters. The third-order valence-corrected chi connectivity index (χ3v) is 4.81. The first-order valence-corrected chi connectivity index (χ1v) is 8.86. The molecule has 0 saturated carbocycles. The normalized spacial score (nSPS) is 10.9. The third kappa shape index (κ3) is 3.98. The van der Waals surface area contributed by atoms with Crippen LogP contribution in [-0.4, -0.2) is 20.8 Å². The first-order valence-electron chi connectivity index (χ1n) is 8.48. The highest BCUT2D eigenvalue weighted by Gasteiger charge is 2.21. The molecule has 0 saturated heterocycles. The molecule has 0 radical (unpaired) electrons. The first-order chi connectivity index (χ1) is 12.9. The fourth-order valence-electron chi connectivity index (χ4n) is 2.78. The minimum absolute atomic E-state index is 0.132. The molecule has 1 N–H and O–H groups in total. The Labute approximate surface area is 162 Å². The number of ether oxygens (including phenoxy) is 1. The lowest BCUT2D eigenvalue weighted by Crippen LogP contribution is -2.25. The number of carbonyl (C=O) groups excluding carboxylic acids is 1. The summed E-state index contributed by atoms with van der Waals surface area (Å²) in [6.45, 7) is 6.11. The quantitative estimate of drug-likeness (QED) is 0.698. The van der Waals surface area contributed by atoms with Gasteiger partial charge in [-0.1, -0.05) is 28.9 Å². The van der Waals surface area contributed by atoms with Gasteiger partial charge in [-0.2, -0.15) is 5.10 Å². The van der Waals surface area contributed by atoms with E-state index in [9.17, 15) is 4.79 Å². The fourth-order valence-corrected chi connectivity index (χ4v) is 2.97. The molecule has 0 aliphatic rings. The predicted molar refractivity (Wildman–Crippen MR) is 101 cm³/mol. The number of para-hydroxylation sites is 1. The molecule has 7 nitrogen and oxygen atoms in total. The highest BCUT2D eigenvalue weighted by molar-refractivity contribution is 6.32. The van der Waals surface area contributed by atoms with Gasteiger partial charge in [0.2, 0.25) is 0 Å². The topological polar surface area (TPSA) is 82.2 Å². The Morgan fingerprint density at radius 2 is 2.00 bits per heavy atom. The Hall–Kier alpha value is -2.80. The smallest absolute Gasteiger partial charge is 0.274 e. The monoisotopic (exact) mass is 388 g/mol. The molecule has 0 bridgehead atoms. The molecule has 0 aliphatic carbocycles. The van der Waals surface area contributed by atoms with E-state index in [1.165, 1.54) is 0 Å². The van der Waals surface area contributed by atoms with Gasteiger partial charge in [0.15, 0.2) is 5.69 Å². The van der Waals surface area contributed by atoms with Crippen molar-refractivity contribution in [2.75, 3.05) is 0 Å². The maximum absolute atomic E-state index is 12.6. The van der Waals surface area contributed by atoms with Crippen molar-refractivity contribution in [3.05, 3.63) is 63.3 Å². The first kappa shape index (κ1) is 19.0. The number of carbonyl (C=O) groups is 1. The second-order valence-corrected chi connectivity index (χ2v) is 6.65. The number of hydrogen-bond donors (Lipinski definition) is 1. The predicted octanol–water partition coefficient (Wildman–Crippen LogP) is 3.50. The summed E-state index contributed by atoms with van der Waals surface area (Å²) < 4.78 is 12.7. The maximum Gasteiger partial charge on any atom is 0.274 e. The van der Waals surface area contributed by atoms with Gasteiger partial charge < -0.3 is 14.6 Å². The number of aromatic nitrogens is 3. The second-order valence-electron chi connectivity index (χ2n) is 6.24. The summed E-state index contributed by atoms with van der Waals surface area (Å²) >= 11 is 6.10. The van der Waals surface area contributed by atoms with Gasteiger partial charge in [-0.05, 0) is 32.9 Å². The highest BCUT2D eigenvalue weighted by atomic mass is 35.5. The average Bonchev–Trinajstić information content (AvgIpc) is 3.12. The van der Waals surface area contributed by atoms with Crippen molar-refractivity contribution in [2.45, 2.75) is 33.9 Å². The van der Waals surface area contributed by atoms with Gasteiger partial charge in [0.1, 0.15) is 18.1 Å². The van der Waals surface area contributed by atoms with E-state index >= 15 is 0 Å². The van der Waals surface area contributed by atoms with Gasteiger partial charge in [0.25, 0.3) is 5.91 Å². The van der Waals surface area contributed by atoms with Crippen molar-refractivity contribution in [3.63, 3.8) is 0 Å². The lowest BCUT2D eigenvalue weighted by atomic mass is 10.1. The summed E-state index contributed by atoms with van der Waals surface area (Å²) in [6.07, 6.45) is 0. The molecule has 1 amide bonds. The molecule has 2 heterocycles. The van der Waals surface area contributed by atoms with E-state index in [2.05, 4.69) is 15.6 Å². The van der Waals surface area contributed by atoms with Crippen LogP contribution < -0.4 is 10.1 Å². The van der Waals surface area contributed by atoms with Gasteiger partial charge >= 0.3 is 0 Å². The summed E-state index contributed by atoms with van der Waals surface area (Å²) in [6, 6.07) is 7.15. The van der Waals surface area contributed by atoms with Crippen LogP contribution in [0, 0.1) is 20.8 Å². The van der Waals surface area contributed by atoms with Gasteiger partial charge in [0, 0.05) is 24.8 Å². The number of hydrogen-bond acceptors (Lipinski definition) is 5. The Morgan fingerprint density at radius 3 is 2.67 bits per heavy atom. The number of rotatable bonds is 6. The largest absolute Gasteiger partial charge is 0.487 e. The summed E-state index contributed by atoms with van der Waals surface area (Å²) in [7, 11) is 1.87. The van der Waals surface area contributed by atoms with Gasteiger partial charge in [-0.25, -0.2) is 0 Å². The maximum atomic E-state index is 12.6. The van der Waals surface area contributed by atoms with Gasteiger partial charge in [-0.15, -0.1) is 0 Å². The highest BCUT2D eigenvalue weighted by Crippen LogP contribution is 2.25. The molecule has 142 valence electrons. The van der Waals surface area contributed by atoms with Crippen molar-refractivity contribution in [3.8, 4) is 5.75 Å². The van der Waals surface area contributed by atoms with Gasteiger partial charge in [0.05, 0.1) is 16.3 Å². The lowest BCUT2D eigenvalue weighted by molar-refractivity contribution is 0.0939. The minimum atomic E-state index is -0.327. The van der Waals surface area contributed by atoms with E-state index in [1.807, 2.05) is 33.0 Å². The van der Waals surface area contributed by atoms with Crippen LogP contribution in [-0.2, 0) is 20.2 Å². The zero-order valence-corrected chi connectivity index (χ0v) is 16.4. The van der Waals surface area contributed by atoms with Crippen molar-refractivity contribution in [1.29, 1.82) is 0 Å². The third-order valence-electron chi connectivity index (χ3n) is 4.49. The number of halogens is 1. The van der Waals surface area contributed by atoms with Crippen LogP contribution in [0.25, 0.3) is 0 Å². The second kappa shape index (κ2) is 7.84. The minimum Gasteiger partial charge on any atom is -0.487 e. The van der Waals surface area contributed by atoms with E-state index in [0.717, 1.165) is 17.0 Å². The summed E-state index contributed by atoms with van der Waals surface area (Å²) in [5.41, 5.74) is 3.67. The van der Waals surface area contributed by atoms with E-state index in [4.69, 9.17) is 20.9 Å². The molecule has 1 aromatic carbocycles. The molecule has 0 aliphatic heterocycles. The van der Waals surface area contributed by atoms with Crippen molar-refractivity contribution >= 4 is 17.5 Å². The number of nitrogens with one attached hydrogen (secondary N) is 1. The Morgan fingerprint density at radius 1 is 1.26 bits per heavy atom. The molecule has 0 spiro atoms. The van der Waals surface area contributed by atoms with E-state index in [1.54, 1.807) is 23.7 Å². The molecule has 27 heavy (non-hydrogen) atoms. The molecule has 3 rings (SSSR count). The van der Waals surface area contributed by atoms with Crippen molar-refractivity contribution in [1.82, 2.24) is 20.3 Å². The van der Waals surface area contributed by atoms with E-state index in [-0.39, 0.29) is 18.2 Å². The summed E-state index contributed by atoms with van der Waals surface area (Å²) in [5.74, 6) is 0.737. The lowest BCUT2D eigenvalue weighted by Gasteiger charge is -2.09. The van der Waals surface area contributed by atoms with E-state index in [0.29, 0.717) is 28.6 Å². The fraction of sp³-hybridized carbons (Fsp3) is 0.316. The molecule has 2 aromatic heterocycles. The zero-order chi connectivity index (χ0) is 19.6. The zero-order valence-electron chi connectivity index (χ0n) is 15.7. The average molecular weight is 389 g/mol. The number of benzene rings is 1. The SMILES string of the molecule is Cc1nn(C)c(C)c1CNC(=O)c1noc(C)c1COc1ccccc1Cl. The number of nitrogens with zero attached hydrogens (tertiary/aromatic N) is 3. The van der Waals surface area contributed by atoms with Crippen LogP contribution in [0.4, 0.5) is 0 Å². The molecular weight excluding hydrogens is 368 g/mol. The Kier molecular flexibility index (Phi) is 5.51. The number of aryl methyl sites for hydroxylation is 3. The van der Waals surface area contributed by atoms with Crippen LogP contribution in [0.1, 0.15) is 38.8 Å². The molecule has 8 heteroatoms. The van der Waals surface area contributed by atoms with E-state index < -0.39 is 0 Å². The van der Waals surface area contributed by atoms with Crippen LogP contribution in [0.5, 0.6) is 5.75 Å². The molecule has 3 aromatic rings. The van der Waals surface area contributed by atoms with Crippen LogP contribution in [0.2, 0.25) is 5.02 Å². The summed E-state index contributed by atoms with van der Waals surface area (Å²) in [4.78, 5) is 12.6. The molecule has 0 fully saturated rings. The molecular formula is C19H21ClN4O3. The standard InChI is InChI=1S/C19H21ClN4O3/c1-11-14(12(2)24(4)22-11)9-21-19(25)18-15(13(3)27-23-18)10-26-17-8-6-5-7-16(17)20/h5-8H,9-10H2,1-4H3,(H,21,25). The molecule has 0 atom stereocenters. The Balaban J connectivity index is 1.71. The van der Waals surface area contributed by atoms with Crippen LogP contribution >= 0.6 is 11.6 Å². The summed E-state index contributed by atoms with van der Waals surface area (Å²) in [5, 5.41) is 11.6.